The number of hydrogen-bond donors (Lipinski definition) is 1. The summed E-state index contributed by atoms with van der Waals surface area (Å²) in [5, 5.41) is 8.51. The van der Waals surface area contributed by atoms with Gasteiger partial charge in [-0.15, -0.1) is 0 Å². The van der Waals surface area contributed by atoms with Gasteiger partial charge in [-0.05, 0) is 48.6 Å². The zero-order chi connectivity index (χ0) is 19.8. The van der Waals surface area contributed by atoms with Crippen LogP contribution in [0.5, 0.6) is 0 Å². The van der Waals surface area contributed by atoms with Crippen LogP contribution >= 0.6 is 11.6 Å². The fourth-order valence-corrected chi connectivity index (χ4v) is 3.98. The lowest BCUT2D eigenvalue weighted by atomic mass is 9.88. The van der Waals surface area contributed by atoms with E-state index in [0.717, 1.165) is 24.8 Å². The number of nitrogens with one attached hydrogen (secondary N) is 1. The molecule has 0 saturated heterocycles. The van der Waals surface area contributed by atoms with Crippen molar-refractivity contribution in [2.24, 2.45) is 0 Å². The molecule has 4 aromatic rings. The lowest BCUT2D eigenvalue weighted by Crippen LogP contribution is -2.32. The Morgan fingerprint density at radius 3 is 2.93 bits per heavy atom. The van der Waals surface area contributed by atoms with Crippen molar-refractivity contribution in [2.75, 3.05) is 0 Å². The van der Waals surface area contributed by atoms with Crippen LogP contribution in [0, 0.1) is 0 Å². The van der Waals surface area contributed by atoms with Crippen LogP contribution in [0.4, 0.5) is 0 Å². The third kappa shape index (κ3) is 3.34. The largest absolute Gasteiger partial charge is 0.343 e. The van der Waals surface area contributed by atoms with Gasteiger partial charge in [0.05, 0.1) is 11.6 Å². The second-order valence-corrected chi connectivity index (χ2v) is 7.43. The predicted octanol–water partition coefficient (Wildman–Crippen LogP) is 3.67. The van der Waals surface area contributed by atoms with Gasteiger partial charge in [-0.25, -0.2) is 19.6 Å². The van der Waals surface area contributed by atoms with E-state index in [1.54, 1.807) is 18.2 Å². The molecule has 2 heterocycles. The first-order chi connectivity index (χ1) is 14.2. The van der Waals surface area contributed by atoms with Crippen LogP contribution in [-0.2, 0) is 6.42 Å². The van der Waals surface area contributed by atoms with Gasteiger partial charge in [0.25, 0.3) is 5.91 Å². The maximum atomic E-state index is 13.0. The van der Waals surface area contributed by atoms with E-state index < -0.39 is 0 Å². The molecule has 0 spiro atoms. The highest BCUT2D eigenvalue weighted by Gasteiger charge is 2.24. The molecule has 2 aromatic heterocycles. The summed E-state index contributed by atoms with van der Waals surface area (Å²) < 4.78 is 1.51. The van der Waals surface area contributed by atoms with Gasteiger partial charge in [-0.3, -0.25) is 4.79 Å². The normalized spacial score (nSPS) is 15.8. The summed E-state index contributed by atoms with van der Waals surface area (Å²) in [5.41, 5.74) is 3.06. The van der Waals surface area contributed by atoms with Crippen molar-refractivity contribution in [3.63, 3.8) is 0 Å². The Kier molecular flexibility index (Phi) is 4.44. The summed E-state index contributed by atoms with van der Waals surface area (Å²) in [7, 11) is 0. The summed E-state index contributed by atoms with van der Waals surface area (Å²) >= 11 is 6.15. The number of rotatable bonds is 3. The molecule has 1 N–H and O–H groups in total. The zero-order valence-electron chi connectivity index (χ0n) is 15.4. The molecule has 0 bridgehead atoms. The summed E-state index contributed by atoms with van der Waals surface area (Å²) in [4.78, 5) is 26.0. The van der Waals surface area contributed by atoms with Crippen molar-refractivity contribution in [2.45, 2.75) is 25.3 Å². The molecule has 8 heteroatoms. The van der Waals surface area contributed by atoms with E-state index in [1.165, 1.54) is 22.9 Å². The Bertz CT molecular complexity index is 1210. The number of carbonyl (C=O) groups is 1. The van der Waals surface area contributed by atoms with Gasteiger partial charge in [0.2, 0.25) is 5.82 Å². The molecule has 7 nitrogen and oxygen atoms in total. The van der Waals surface area contributed by atoms with Crippen LogP contribution in [0.1, 0.15) is 40.6 Å². The van der Waals surface area contributed by atoms with E-state index in [1.807, 2.05) is 12.1 Å². The molecule has 0 radical (unpaired) electrons. The molecule has 0 aliphatic heterocycles. The Morgan fingerprint density at radius 2 is 2.07 bits per heavy atom. The number of fused-ring (bicyclic) bond motifs is 2. The smallest absolute Gasteiger partial charge is 0.289 e. The Labute approximate surface area is 171 Å². The Morgan fingerprint density at radius 1 is 1.17 bits per heavy atom. The summed E-state index contributed by atoms with van der Waals surface area (Å²) in [6, 6.07) is 13.4. The molecule has 2 aromatic carbocycles. The highest BCUT2D eigenvalue weighted by molar-refractivity contribution is 6.31. The molecule has 0 fully saturated rings. The number of benzene rings is 2. The molecular weight excluding hydrogens is 388 g/mol. The number of hydrogen-bond acceptors (Lipinski definition) is 5. The molecular formula is C21H17ClN6O. The fraction of sp³-hybridized carbons (Fsp3) is 0.190. The van der Waals surface area contributed by atoms with E-state index >= 15 is 0 Å². The maximum absolute atomic E-state index is 13.0. The van der Waals surface area contributed by atoms with Crippen LogP contribution in [0.25, 0.3) is 16.7 Å². The molecule has 1 aliphatic carbocycles. The van der Waals surface area contributed by atoms with Crippen molar-refractivity contribution in [1.82, 2.24) is 30.0 Å². The number of aryl methyl sites for hydroxylation is 1. The minimum absolute atomic E-state index is 0.0493. The topological polar surface area (TPSA) is 85.6 Å². The van der Waals surface area contributed by atoms with Gasteiger partial charge < -0.3 is 5.32 Å². The number of aromatic nitrogens is 5. The molecule has 5 rings (SSSR count). The van der Waals surface area contributed by atoms with Gasteiger partial charge in [0.15, 0.2) is 5.82 Å². The van der Waals surface area contributed by atoms with Crippen LogP contribution in [0.2, 0.25) is 5.02 Å². The highest BCUT2D eigenvalue weighted by Crippen LogP contribution is 2.30. The van der Waals surface area contributed by atoms with E-state index in [9.17, 15) is 4.79 Å². The van der Waals surface area contributed by atoms with Crippen molar-refractivity contribution in [3.8, 4) is 5.82 Å². The van der Waals surface area contributed by atoms with Crippen LogP contribution < -0.4 is 5.32 Å². The van der Waals surface area contributed by atoms with Gasteiger partial charge >= 0.3 is 0 Å². The molecule has 1 unspecified atom stereocenters. The molecule has 144 valence electrons. The highest BCUT2D eigenvalue weighted by atomic mass is 35.5. The zero-order valence-corrected chi connectivity index (χ0v) is 16.2. The lowest BCUT2D eigenvalue weighted by Gasteiger charge is -2.26. The van der Waals surface area contributed by atoms with Crippen molar-refractivity contribution in [1.29, 1.82) is 0 Å². The SMILES string of the molecule is O=C(NC1CCCc2ccccc21)c1nc(-n2cncn2)c2cc(Cl)ccc2n1. The van der Waals surface area contributed by atoms with Crippen molar-refractivity contribution < 1.29 is 4.79 Å². The predicted molar refractivity (Wildman–Crippen MR) is 109 cm³/mol. The molecule has 1 aliphatic rings. The van der Waals surface area contributed by atoms with Gasteiger partial charge in [-0.2, -0.15) is 5.10 Å². The molecule has 29 heavy (non-hydrogen) atoms. The number of carbonyl (C=O) groups excluding carboxylic acids is 1. The number of nitrogens with zero attached hydrogens (tertiary/aromatic N) is 5. The molecule has 1 atom stereocenters. The Hall–Kier alpha value is -3.32. The summed E-state index contributed by atoms with van der Waals surface area (Å²) in [6.07, 6.45) is 5.90. The van der Waals surface area contributed by atoms with Gasteiger partial charge in [0.1, 0.15) is 12.7 Å². The maximum Gasteiger partial charge on any atom is 0.289 e. The number of halogens is 1. The van der Waals surface area contributed by atoms with E-state index in [0.29, 0.717) is 21.7 Å². The van der Waals surface area contributed by atoms with E-state index in [4.69, 9.17) is 11.6 Å². The third-order valence-electron chi connectivity index (χ3n) is 5.15. The average molecular weight is 405 g/mol. The minimum Gasteiger partial charge on any atom is -0.343 e. The average Bonchev–Trinajstić information content (AvgIpc) is 3.28. The van der Waals surface area contributed by atoms with Crippen LogP contribution in [0.15, 0.2) is 55.1 Å². The third-order valence-corrected chi connectivity index (χ3v) is 5.39. The van der Waals surface area contributed by atoms with Gasteiger partial charge in [0, 0.05) is 10.4 Å². The first kappa shape index (κ1) is 17.8. The van der Waals surface area contributed by atoms with Crippen molar-refractivity contribution >= 4 is 28.4 Å². The second-order valence-electron chi connectivity index (χ2n) is 6.99. The molecule has 1 amide bonds. The Balaban J connectivity index is 1.54. The first-order valence-electron chi connectivity index (χ1n) is 9.40. The van der Waals surface area contributed by atoms with Crippen LogP contribution in [-0.4, -0.2) is 30.6 Å². The van der Waals surface area contributed by atoms with Gasteiger partial charge in [-0.1, -0.05) is 35.9 Å². The quantitative estimate of drug-likeness (QED) is 0.563. The van der Waals surface area contributed by atoms with E-state index in [-0.39, 0.29) is 17.8 Å². The fourth-order valence-electron chi connectivity index (χ4n) is 3.80. The minimum atomic E-state index is -0.315. The summed E-state index contributed by atoms with van der Waals surface area (Å²) in [5.74, 6) is 0.238. The standard InChI is InChI=1S/C21H17ClN6O/c22-14-8-9-18-16(10-14)20(28-12-23-11-24-28)27-19(25-18)21(29)26-17-7-3-5-13-4-1-2-6-15(13)17/h1-2,4,6,8-12,17H,3,5,7H2,(H,26,29). The first-order valence-corrected chi connectivity index (χ1v) is 9.78. The van der Waals surface area contributed by atoms with E-state index in [2.05, 4.69) is 37.5 Å². The van der Waals surface area contributed by atoms with Crippen molar-refractivity contribution in [3.05, 3.63) is 77.1 Å². The lowest BCUT2D eigenvalue weighted by molar-refractivity contribution is 0.0922. The van der Waals surface area contributed by atoms with Crippen LogP contribution in [0.3, 0.4) is 0 Å². The monoisotopic (exact) mass is 404 g/mol. The second kappa shape index (κ2) is 7.25. The summed E-state index contributed by atoms with van der Waals surface area (Å²) in [6.45, 7) is 0. The number of amides is 1. The molecule has 0 saturated carbocycles.